The van der Waals surface area contributed by atoms with Crippen molar-refractivity contribution < 1.29 is 47.6 Å². The largest absolute Gasteiger partial charge is 1.00 e. The number of carbonyl (C=O) groups is 1. The SMILES string of the molecule is CC(O)C(=O)COP(=O)(O)O.[Li+]. The number of phosphoric ester groups is 1. The van der Waals surface area contributed by atoms with Gasteiger partial charge >= 0.3 is 26.7 Å². The van der Waals surface area contributed by atoms with E-state index in [2.05, 4.69) is 4.52 Å². The number of aliphatic hydroxyl groups is 1. The predicted molar refractivity (Wildman–Crippen MR) is 34.7 cm³/mol. The molecule has 66 valence electrons. The summed E-state index contributed by atoms with van der Waals surface area (Å²) >= 11 is 0. The molecule has 0 amide bonds. The fourth-order valence-electron chi connectivity index (χ4n) is 0.268. The maximum Gasteiger partial charge on any atom is 1.00 e. The van der Waals surface area contributed by atoms with Crippen molar-refractivity contribution in [2.24, 2.45) is 0 Å². The van der Waals surface area contributed by atoms with Gasteiger partial charge in [0.25, 0.3) is 0 Å². The number of ketones is 1. The van der Waals surface area contributed by atoms with Crippen LogP contribution in [0.1, 0.15) is 6.92 Å². The van der Waals surface area contributed by atoms with Crippen LogP contribution in [0.3, 0.4) is 0 Å². The van der Waals surface area contributed by atoms with Gasteiger partial charge in [-0.05, 0) is 6.92 Å². The monoisotopic (exact) mass is 191 g/mol. The molecule has 0 aliphatic rings. The van der Waals surface area contributed by atoms with E-state index in [1.165, 1.54) is 6.92 Å². The molecule has 3 N–H and O–H groups in total. The van der Waals surface area contributed by atoms with E-state index in [0.717, 1.165) is 0 Å². The minimum absolute atomic E-state index is 0. The van der Waals surface area contributed by atoms with Gasteiger partial charge in [0.1, 0.15) is 12.7 Å². The number of aliphatic hydroxyl groups excluding tert-OH is 1. The topological polar surface area (TPSA) is 104 Å². The molecular formula is C4H9LiO6P+. The Hall–Kier alpha value is 0.337. The van der Waals surface area contributed by atoms with Gasteiger partial charge in [0.05, 0.1) is 0 Å². The summed E-state index contributed by atoms with van der Waals surface area (Å²) in [6, 6.07) is 0. The van der Waals surface area contributed by atoms with Crippen LogP contribution < -0.4 is 18.9 Å². The second kappa shape index (κ2) is 5.89. The molecule has 0 saturated heterocycles. The first kappa shape index (κ1) is 14.8. The predicted octanol–water partition coefficient (Wildman–Crippen LogP) is -3.95. The summed E-state index contributed by atoms with van der Waals surface area (Å²) < 4.78 is 13.8. The fraction of sp³-hybridized carbons (Fsp3) is 0.750. The van der Waals surface area contributed by atoms with Crippen molar-refractivity contribution in [2.75, 3.05) is 6.61 Å². The fourth-order valence-corrected chi connectivity index (χ4v) is 0.564. The third-order valence-corrected chi connectivity index (χ3v) is 1.31. The Morgan fingerprint density at radius 1 is 1.58 bits per heavy atom. The van der Waals surface area contributed by atoms with Gasteiger partial charge in [0.2, 0.25) is 0 Å². The number of carbonyl (C=O) groups excluding carboxylic acids is 1. The standard InChI is InChI=1S/C4H9O6P.Li/c1-3(5)4(6)2-10-11(7,8)9;/h3,5H,2H2,1H3,(H2,7,8,9);/q;+1. The number of hydrogen-bond donors (Lipinski definition) is 3. The summed E-state index contributed by atoms with van der Waals surface area (Å²) in [5.74, 6) is -0.770. The van der Waals surface area contributed by atoms with E-state index in [9.17, 15) is 9.36 Å². The first-order chi connectivity index (χ1) is 4.83. The normalized spacial score (nSPS) is 13.3. The molecule has 0 aromatic rings. The molecule has 1 atom stereocenters. The van der Waals surface area contributed by atoms with E-state index >= 15 is 0 Å². The van der Waals surface area contributed by atoms with Crippen LogP contribution in [0.5, 0.6) is 0 Å². The van der Waals surface area contributed by atoms with Crippen molar-refractivity contribution in [2.45, 2.75) is 13.0 Å². The summed E-state index contributed by atoms with van der Waals surface area (Å²) in [6.45, 7) is 0.410. The second-order valence-electron chi connectivity index (χ2n) is 1.91. The van der Waals surface area contributed by atoms with Crippen molar-refractivity contribution in [1.82, 2.24) is 0 Å². The number of phosphoric acid groups is 1. The van der Waals surface area contributed by atoms with Gasteiger partial charge in [-0.25, -0.2) is 4.57 Å². The van der Waals surface area contributed by atoms with Crippen molar-refractivity contribution in [3.8, 4) is 0 Å². The summed E-state index contributed by atoms with van der Waals surface area (Å²) in [7, 11) is -4.59. The van der Waals surface area contributed by atoms with E-state index in [-0.39, 0.29) is 18.9 Å². The molecule has 0 radical (unpaired) electrons. The Morgan fingerprint density at radius 3 is 2.25 bits per heavy atom. The summed E-state index contributed by atoms with van der Waals surface area (Å²) in [6.07, 6.45) is -1.26. The molecule has 12 heavy (non-hydrogen) atoms. The molecular weight excluding hydrogens is 182 g/mol. The van der Waals surface area contributed by atoms with Crippen molar-refractivity contribution in [3.05, 3.63) is 0 Å². The maximum atomic E-state index is 10.5. The van der Waals surface area contributed by atoms with Crippen LogP contribution in [-0.4, -0.2) is 33.4 Å². The average molecular weight is 191 g/mol. The third-order valence-electron chi connectivity index (χ3n) is 0.841. The number of Topliss-reactive ketones (excluding diaryl/α,β-unsaturated/α-hetero) is 1. The van der Waals surface area contributed by atoms with Gasteiger partial charge in [-0.3, -0.25) is 9.32 Å². The Bertz CT molecular complexity index is 186. The zero-order chi connectivity index (χ0) is 9.07. The minimum Gasteiger partial charge on any atom is -0.386 e. The van der Waals surface area contributed by atoms with Gasteiger partial charge in [-0.1, -0.05) is 0 Å². The molecule has 0 rings (SSSR count). The Balaban J connectivity index is 0. The Morgan fingerprint density at radius 2 is 2.00 bits per heavy atom. The Kier molecular flexibility index (Phi) is 7.29. The molecule has 0 aliphatic heterocycles. The quantitative estimate of drug-likeness (QED) is 0.309. The van der Waals surface area contributed by atoms with Gasteiger partial charge in [0, 0.05) is 0 Å². The van der Waals surface area contributed by atoms with E-state index in [0.29, 0.717) is 0 Å². The summed E-state index contributed by atoms with van der Waals surface area (Å²) in [5, 5.41) is 8.54. The van der Waals surface area contributed by atoms with E-state index in [1.54, 1.807) is 0 Å². The molecule has 0 aromatic heterocycles. The van der Waals surface area contributed by atoms with Crippen LogP contribution in [0.2, 0.25) is 0 Å². The first-order valence-electron chi connectivity index (χ1n) is 2.74. The molecule has 0 fully saturated rings. The van der Waals surface area contributed by atoms with Crippen LogP contribution in [0.25, 0.3) is 0 Å². The average Bonchev–Trinajstić information content (AvgIpc) is 1.80. The molecule has 0 saturated carbocycles. The zero-order valence-corrected chi connectivity index (χ0v) is 7.69. The molecule has 0 aromatic carbocycles. The molecule has 1 unspecified atom stereocenters. The minimum atomic E-state index is -4.59. The number of rotatable bonds is 4. The van der Waals surface area contributed by atoms with Crippen LogP contribution in [0.4, 0.5) is 0 Å². The molecule has 0 aliphatic carbocycles. The second-order valence-corrected chi connectivity index (χ2v) is 3.15. The van der Waals surface area contributed by atoms with Crippen LogP contribution in [0.15, 0.2) is 0 Å². The van der Waals surface area contributed by atoms with E-state index in [4.69, 9.17) is 14.9 Å². The van der Waals surface area contributed by atoms with Gasteiger partial charge < -0.3 is 14.9 Å². The first-order valence-corrected chi connectivity index (χ1v) is 4.27. The third kappa shape index (κ3) is 8.43. The van der Waals surface area contributed by atoms with Gasteiger partial charge in [0.15, 0.2) is 5.78 Å². The van der Waals surface area contributed by atoms with Crippen LogP contribution >= 0.6 is 7.82 Å². The van der Waals surface area contributed by atoms with Crippen molar-refractivity contribution in [1.29, 1.82) is 0 Å². The molecule has 0 heterocycles. The van der Waals surface area contributed by atoms with E-state index in [1.807, 2.05) is 0 Å². The zero-order valence-electron chi connectivity index (χ0n) is 6.80. The van der Waals surface area contributed by atoms with Crippen molar-refractivity contribution in [3.63, 3.8) is 0 Å². The summed E-state index contributed by atoms with van der Waals surface area (Å²) in [4.78, 5) is 26.7. The van der Waals surface area contributed by atoms with Gasteiger partial charge in [-0.15, -0.1) is 0 Å². The molecule has 0 spiro atoms. The molecule has 8 heteroatoms. The van der Waals surface area contributed by atoms with Crippen LogP contribution in [0, 0.1) is 0 Å². The Labute approximate surface area is 81.3 Å². The molecule has 6 nitrogen and oxygen atoms in total. The van der Waals surface area contributed by atoms with Crippen LogP contribution in [-0.2, 0) is 13.9 Å². The smallest absolute Gasteiger partial charge is 0.386 e. The number of hydrogen-bond acceptors (Lipinski definition) is 4. The van der Waals surface area contributed by atoms with Gasteiger partial charge in [-0.2, -0.15) is 0 Å². The van der Waals surface area contributed by atoms with Crippen molar-refractivity contribution >= 4 is 13.6 Å². The van der Waals surface area contributed by atoms with E-state index < -0.39 is 26.3 Å². The maximum absolute atomic E-state index is 10.5. The summed E-state index contributed by atoms with van der Waals surface area (Å²) in [5.41, 5.74) is 0. The molecule has 0 bridgehead atoms.